The van der Waals surface area contributed by atoms with Crippen LogP contribution < -0.4 is 15.8 Å². The van der Waals surface area contributed by atoms with Crippen molar-refractivity contribution in [2.24, 2.45) is 0 Å². The largest absolute Gasteiger partial charge is 0.497 e. The van der Waals surface area contributed by atoms with Gasteiger partial charge in [-0.15, -0.1) is 0 Å². The van der Waals surface area contributed by atoms with Crippen molar-refractivity contribution in [3.05, 3.63) is 71.1 Å². The average Bonchev–Trinajstić information content (AvgIpc) is 3.55. The lowest BCUT2D eigenvalue weighted by molar-refractivity contribution is -0.122. The van der Waals surface area contributed by atoms with E-state index in [-0.39, 0.29) is 30.7 Å². The molecule has 2 aromatic carbocycles. The summed E-state index contributed by atoms with van der Waals surface area (Å²) in [4.78, 5) is 44.9. The van der Waals surface area contributed by atoms with Gasteiger partial charge >= 0.3 is 5.76 Å². The first-order valence-electron chi connectivity index (χ1n) is 13.1. The number of hydrogen-bond donors (Lipinski definition) is 2. The van der Waals surface area contributed by atoms with Crippen molar-refractivity contribution in [2.45, 2.75) is 64.5 Å². The fraction of sp³-hybridized carbons (Fsp3) is 0.379. The highest BCUT2D eigenvalue weighted by molar-refractivity contribution is 5.78. The topological polar surface area (TPSA) is 119 Å². The normalized spacial score (nSPS) is 11.9. The molecule has 1 atom stereocenters. The van der Waals surface area contributed by atoms with Crippen molar-refractivity contribution < 1.29 is 18.7 Å². The Hall–Kier alpha value is -4.14. The first kappa shape index (κ1) is 26.9. The number of oxazole rings is 1. The Morgan fingerprint density at radius 1 is 1.11 bits per heavy atom. The number of fused-ring (bicyclic) bond motifs is 1. The van der Waals surface area contributed by atoms with Crippen molar-refractivity contribution >= 4 is 22.8 Å². The summed E-state index contributed by atoms with van der Waals surface area (Å²) in [7, 11) is 1.55. The molecule has 0 aliphatic heterocycles. The number of imidazole rings is 1. The highest BCUT2D eigenvalue weighted by Gasteiger charge is 2.19. The third-order valence-electron chi connectivity index (χ3n) is 6.63. The molecule has 0 fully saturated rings. The Morgan fingerprint density at radius 2 is 1.92 bits per heavy atom. The molecule has 200 valence electrons. The maximum Gasteiger partial charge on any atom is 0.419 e. The number of H-pyrrole nitrogens is 1. The number of aromatic amines is 1. The van der Waals surface area contributed by atoms with Crippen LogP contribution in [0.1, 0.15) is 63.7 Å². The SMILES string of the molecule is CCC(=O)CCCCC[C@H](NC(=O)CCn1c(=O)oc2ccc(OC)cc21)c1ncc(-c2ccccc2)[nH]1. The fourth-order valence-corrected chi connectivity index (χ4v) is 4.44. The number of carbonyl (C=O) groups is 2. The van der Waals surface area contributed by atoms with Gasteiger partial charge in [-0.2, -0.15) is 0 Å². The van der Waals surface area contributed by atoms with E-state index in [0.717, 1.165) is 30.5 Å². The van der Waals surface area contributed by atoms with Crippen LogP contribution >= 0.6 is 0 Å². The fourth-order valence-electron chi connectivity index (χ4n) is 4.44. The number of Topliss-reactive ketones (excluding diaryl/α,β-unsaturated/α-hetero) is 1. The van der Waals surface area contributed by atoms with E-state index < -0.39 is 5.76 Å². The average molecular weight is 519 g/mol. The summed E-state index contributed by atoms with van der Waals surface area (Å²) >= 11 is 0. The third-order valence-corrected chi connectivity index (χ3v) is 6.63. The second kappa shape index (κ2) is 12.9. The van der Waals surface area contributed by atoms with Gasteiger partial charge in [-0.1, -0.05) is 50.1 Å². The Bertz CT molecular complexity index is 1420. The molecule has 0 spiro atoms. The van der Waals surface area contributed by atoms with Crippen molar-refractivity contribution in [3.8, 4) is 17.0 Å². The standard InChI is InChI=1S/C29H34N4O5/c1-3-21(34)12-8-5-9-13-23(28-30-19-24(32-28)20-10-6-4-7-11-20)31-27(35)16-17-33-25-18-22(37-2)14-15-26(25)38-29(33)36/h4,6-7,10-11,14-15,18-19,23H,3,5,8-9,12-13,16-17H2,1-2H3,(H,30,32)(H,31,35)/t23-/m0/s1. The number of amides is 1. The molecule has 4 aromatic rings. The lowest BCUT2D eigenvalue weighted by Crippen LogP contribution is -2.30. The van der Waals surface area contributed by atoms with E-state index in [1.807, 2.05) is 37.3 Å². The Morgan fingerprint density at radius 3 is 2.68 bits per heavy atom. The van der Waals surface area contributed by atoms with E-state index >= 15 is 0 Å². The molecule has 38 heavy (non-hydrogen) atoms. The van der Waals surface area contributed by atoms with Gasteiger partial charge in [0.2, 0.25) is 5.91 Å². The number of aryl methyl sites for hydroxylation is 1. The van der Waals surface area contributed by atoms with Crippen LogP contribution in [0.5, 0.6) is 5.75 Å². The number of aromatic nitrogens is 3. The van der Waals surface area contributed by atoms with Gasteiger partial charge in [-0.3, -0.25) is 14.2 Å². The molecule has 2 heterocycles. The van der Waals surface area contributed by atoms with E-state index in [4.69, 9.17) is 9.15 Å². The van der Waals surface area contributed by atoms with Gasteiger partial charge < -0.3 is 19.5 Å². The summed E-state index contributed by atoms with van der Waals surface area (Å²) in [6.45, 7) is 2.05. The minimum Gasteiger partial charge on any atom is -0.497 e. The van der Waals surface area contributed by atoms with Gasteiger partial charge in [0.15, 0.2) is 5.58 Å². The van der Waals surface area contributed by atoms with Gasteiger partial charge in [0, 0.05) is 31.9 Å². The van der Waals surface area contributed by atoms with Crippen LogP contribution in [0.3, 0.4) is 0 Å². The van der Waals surface area contributed by atoms with Crippen LogP contribution in [0.4, 0.5) is 0 Å². The van der Waals surface area contributed by atoms with Gasteiger partial charge in [-0.05, 0) is 30.5 Å². The van der Waals surface area contributed by atoms with E-state index in [0.29, 0.717) is 41.9 Å². The monoisotopic (exact) mass is 518 g/mol. The Labute approximate surface area is 221 Å². The van der Waals surface area contributed by atoms with Gasteiger partial charge in [0.1, 0.15) is 17.4 Å². The second-order valence-corrected chi connectivity index (χ2v) is 9.26. The molecule has 1 amide bonds. The lowest BCUT2D eigenvalue weighted by atomic mass is 10.0. The predicted molar refractivity (Wildman–Crippen MR) is 145 cm³/mol. The smallest absolute Gasteiger partial charge is 0.419 e. The summed E-state index contributed by atoms with van der Waals surface area (Å²) in [5, 5.41) is 3.09. The minimum atomic E-state index is -0.516. The maximum absolute atomic E-state index is 13.0. The van der Waals surface area contributed by atoms with E-state index in [1.54, 1.807) is 31.5 Å². The number of methoxy groups -OCH3 is 1. The molecule has 0 aliphatic rings. The number of carbonyl (C=O) groups excluding carboxylic acids is 2. The van der Waals surface area contributed by atoms with Crippen molar-refractivity contribution in [1.29, 1.82) is 0 Å². The first-order valence-corrected chi connectivity index (χ1v) is 13.1. The van der Waals surface area contributed by atoms with Gasteiger partial charge in [0.25, 0.3) is 0 Å². The molecule has 0 unspecified atom stereocenters. The summed E-state index contributed by atoms with van der Waals surface area (Å²) in [6, 6.07) is 14.7. The van der Waals surface area contributed by atoms with Crippen LogP contribution in [0, 0.1) is 0 Å². The molecule has 0 bridgehead atoms. The number of ether oxygens (including phenoxy) is 1. The molecular weight excluding hydrogens is 484 g/mol. The zero-order valence-electron chi connectivity index (χ0n) is 21.9. The lowest BCUT2D eigenvalue weighted by Gasteiger charge is -2.17. The highest BCUT2D eigenvalue weighted by atomic mass is 16.5. The van der Waals surface area contributed by atoms with E-state index in [1.165, 1.54) is 4.57 Å². The first-order chi connectivity index (χ1) is 18.5. The van der Waals surface area contributed by atoms with Crippen LogP contribution in [0.2, 0.25) is 0 Å². The molecular formula is C29H34N4O5. The molecule has 2 aromatic heterocycles. The number of nitrogens with zero attached hydrogens (tertiary/aromatic N) is 2. The summed E-state index contributed by atoms with van der Waals surface area (Å²) in [5.74, 6) is 0.838. The van der Waals surface area contributed by atoms with Gasteiger partial charge in [0.05, 0.1) is 30.6 Å². The minimum absolute atomic E-state index is 0.0967. The molecule has 0 aliphatic carbocycles. The zero-order chi connectivity index (χ0) is 26.9. The Kier molecular flexibility index (Phi) is 9.13. The molecule has 0 saturated heterocycles. The molecule has 9 heteroatoms. The number of nitrogens with one attached hydrogen (secondary N) is 2. The van der Waals surface area contributed by atoms with E-state index in [9.17, 15) is 14.4 Å². The Balaban J connectivity index is 1.43. The van der Waals surface area contributed by atoms with Crippen LogP contribution in [-0.4, -0.2) is 33.3 Å². The zero-order valence-corrected chi connectivity index (χ0v) is 21.9. The summed E-state index contributed by atoms with van der Waals surface area (Å²) in [6.07, 6.45) is 6.27. The second-order valence-electron chi connectivity index (χ2n) is 9.26. The number of hydrogen-bond acceptors (Lipinski definition) is 6. The number of rotatable bonds is 14. The molecule has 0 saturated carbocycles. The molecule has 4 rings (SSSR count). The van der Waals surface area contributed by atoms with Crippen LogP contribution in [-0.2, 0) is 16.1 Å². The van der Waals surface area contributed by atoms with Crippen molar-refractivity contribution in [3.63, 3.8) is 0 Å². The highest BCUT2D eigenvalue weighted by Crippen LogP contribution is 2.23. The maximum atomic E-state index is 13.0. The van der Waals surface area contributed by atoms with Gasteiger partial charge in [-0.25, -0.2) is 9.78 Å². The quantitative estimate of drug-likeness (QED) is 0.222. The van der Waals surface area contributed by atoms with Crippen molar-refractivity contribution in [2.75, 3.05) is 7.11 Å². The molecule has 9 nitrogen and oxygen atoms in total. The molecule has 0 radical (unpaired) electrons. The molecule has 2 N–H and O–H groups in total. The third kappa shape index (κ3) is 6.79. The number of ketones is 1. The predicted octanol–water partition coefficient (Wildman–Crippen LogP) is 5.17. The summed E-state index contributed by atoms with van der Waals surface area (Å²) < 4.78 is 12.0. The van der Waals surface area contributed by atoms with Crippen LogP contribution in [0.25, 0.3) is 22.4 Å². The van der Waals surface area contributed by atoms with E-state index in [2.05, 4.69) is 15.3 Å². The summed E-state index contributed by atoms with van der Waals surface area (Å²) in [5.41, 5.74) is 2.91. The van der Waals surface area contributed by atoms with Crippen LogP contribution in [0.15, 0.2) is 63.9 Å². The number of unbranched alkanes of at least 4 members (excludes halogenated alkanes) is 2. The van der Waals surface area contributed by atoms with Crippen molar-refractivity contribution in [1.82, 2.24) is 19.9 Å². The number of benzene rings is 2.